The fourth-order valence-electron chi connectivity index (χ4n) is 0.478. The van der Waals surface area contributed by atoms with Crippen LogP contribution in [0.3, 0.4) is 0 Å². The summed E-state index contributed by atoms with van der Waals surface area (Å²) in [5.74, 6) is 0.877. The van der Waals surface area contributed by atoms with Gasteiger partial charge in [0.1, 0.15) is 0 Å². The van der Waals surface area contributed by atoms with Gasteiger partial charge in [0, 0.05) is 17.2 Å². The van der Waals surface area contributed by atoms with Gasteiger partial charge in [0.25, 0.3) is 0 Å². The predicted octanol–water partition coefficient (Wildman–Crippen LogP) is 1.61. The van der Waals surface area contributed by atoms with Crippen molar-refractivity contribution in [3.8, 4) is 0 Å². The predicted molar refractivity (Wildman–Crippen MR) is 51.0 cm³/mol. The van der Waals surface area contributed by atoms with Gasteiger partial charge in [-0.2, -0.15) is 11.8 Å². The van der Waals surface area contributed by atoms with Crippen LogP contribution in [0, 0.1) is 0 Å². The first kappa shape index (κ1) is 10.8. The maximum Gasteiger partial charge on any atom is 0.221 e. The standard InChI is InChI=1S/C7H12ClNOS/c1-6(8)5-9-7(10)3-4-11-2/h1,3-5H2,2H3,(H,9,10). The Bertz CT molecular complexity index is 149. The van der Waals surface area contributed by atoms with Crippen molar-refractivity contribution in [2.45, 2.75) is 6.42 Å². The molecule has 0 atom stereocenters. The maximum atomic E-state index is 10.9. The Hall–Kier alpha value is -0.150. The van der Waals surface area contributed by atoms with Crippen molar-refractivity contribution in [3.05, 3.63) is 11.6 Å². The molecule has 0 bridgehead atoms. The van der Waals surface area contributed by atoms with Gasteiger partial charge in [-0.05, 0) is 6.26 Å². The van der Waals surface area contributed by atoms with Crippen LogP contribution in [0.15, 0.2) is 11.6 Å². The molecular weight excluding hydrogens is 182 g/mol. The highest BCUT2D eigenvalue weighted by atomic mass is 35.5. The monoisotopic (exact) mass is 193 g/mol. The van der Waals surface area contributed by atoms with Gasteiger partial charge in [-0.3, -0.25) is 4.79 Å². The Morgan fingerprint density at radius 3 is 2.82 bits per heavy atom. The molecule has 0 unspecified atom stereocenters. The second kappa shape index (κ2) is 6.55. The van der Waals surface area contributed by atoms with Gasteiger partial charge < -0.3 is 5.32 Å². The van der Waals surface area contributed by atoms with Crippen molar-refractivity contribution in [2.75, 3.05) is 18.6 Å². The molecule has 0 fully saturated rings. The number of hydrogen-bond acceptors (Lipinski definition) is 2. The molecule has 0 aliphatic rings. The van der Waals surface area contributed by atoms with Gasteiger partial charge in [-0.1, -0.05) is 18.2 Å². The van der Waals surface area contributed by atoms with E-state index in [1.807, 2.05) is 6.26 Å². The summed E-state index contributed by atoms with van der Waals surface area (Å²) in [6.45, 7) is 3.82. The van der Waals surface area contributed by atoms with Crippen molar-refractivity contribution in [1.82, 2.24) is 5.32 Å². The lowest BCUT2D eigenvalue weighted by Crippen LogP contribution is -2.24. The second-order valence-electron chi connectivity index (χ2n) is 2.04. The van der Waals surface area contributed by atoms with Crippen LogP contribution in [0.4, 0.5) is 0 Å². The molecule has 1 N–H and O–H groups in total. The molecule has 0 aliphatic carbocycles. The molecule has 0 heterocycles. The Balaban J connectivity index is 3.30. The molecule has 64 valence electrons. The van der Waals surface area contributed by atoms with Crippen molar-refractivity contribution in [1.29, 1.82) is 0 Å². The summed E-state index contributed by atoms with van der Waals surface area (Å²) in [5.41, 5.74) is 0. The third-order valence-electron chi connectivity index (χ3n) is 1.01. The van der Waals surface area contributed by atoms with Crippen LogP contribution in [0.2, 0.25) is 0 Å². The Kier molecular flexibility index (Phi) is 6.46. The summed E-state index contributed by atoms with van der Waals surface area (Å²) in [7, 11) is 0. The molecule has 11 heavy (non-hydrogen) atoms. The first-order valence-corrected chi connectivity index (χ1v) is 5.03. The van der Waals surface area contributed by atoms with Crippen LogP contribution in [-0.2, 0) is 4.79 Å². The lowest BCUT2D eigenvalue weighted by atomic mass is 10.4. The van der Waals surface area contributed by atoms with Gasteiger partial charge in [0.05, 0.1) is 6.54 Å². The SMILES string of the molecule is C=C(Cl)CNC(=O)CCSC. The largest absolute Gasteiger partial charge is 0.351 e. The number of hydrogen-bond donors (Lipinski definition) is 1. The van der Waals surface area contributed by atoms with E-state index in [1.165, 1.54) is 0 Å². The molecule has 4 heteroatoms. The van der Waals surface area contributed by atoms with E-state index in [9.17, 15) is 4.79 Å². The Labute approximate surface area is 76.4 Å². The summed E-state index contributed by atoms with van der Waals surface area (Å²) in [6.07, 6.45) is 2.51. The average Bonchev–Trinajstić information content (AvgIpc) is 1.97. The highest BCUT2D eigenvalue weighted by molar-refractivity contribution is 7.98. The number of nitrogens with one attached hydrogen (secondary N) is 1. The average molecular weight is 194 g/mol. The van der Waals surface area contributed by atoms with Crippen molar-refractivity contribution >= 4 is 29.3 Å². The van der Waals surface area contributed by atoms with Crippen molar-refractivity contribution in [2.24, 2.45) is 0 Å². The van der Waals surface area contributed by atoms with Crippen LogP contribution in [0.5, 0.6) is 0 Å². The summed E-state index contributed by atoms with van der Waals surface area (Å²) >= 11 is 7.09. The molecule has 0 aliphatic heterocycles. The molecule has 1 amide bonds. The van der Waals surface area contributed by atoms with Gasteiger partial charge >= 0.3 is 0 Å². The zero-order valence-corrected chi connectivity index (χ0v) is 8.10. The second-order valence-corrected chi connectivity index (χ2v) is 3.56. The van der Waals surface area contributed by atoms with Crippen LogP contribution < -0.4 is 5.32 Å². The molecule has 0 aromatic carbocycles. The third kappa shape index (κ3) is 7.75. The van der Waals surface area contributed by atoms with E-state index in [0.717, 1.165) is 5.75 Å². The van der Waals surface area contributed by atoms with E-state index in [1.54, 1.807) is 11.8 Å². The van der Waals surface area contributed by atoms with Crippen LogP contribution in [-0.4, -0.2) is 24.5 Å². The first-order chi connectivity index (χ1) is 5.16. The lowest BCUT2D eigenvalue weighted by molar-refractivity contribution is -0.120. The molecule has 0 saturated heterocycles. The fraction of sp³-hybridized carbons (Fsp3) is 0.571. The maximum absolute atomic E-state index is 10.9. The van der Waals surface area contributed by atoms with Crippen molar-refractivity contribution in [3.63, 3.8) is 0 Å². The third-order valence-corrected chi connectivity index (χ3v) is 1.76. The van der Waals surface area contributed by atoms with Crippen molar-refractivity contribution < 1.29 is 4.79 Å². The Morgan fingerprint density at radius 2 is 2.36 bits per heavy atom. The minimum absolute atomic E-state index is 0.0288. The number of carbonyl (C=O) groups excluding carboxylic acids is 1. The van der Waals surface area contributed by atoms with Gasteiger partial charge in [0.2, 0.25) is 5.91 Å². The quantitative estimate of drug-likeness (QED) is 0.719. The summed E-state index contributed by atoms with van der Waals surface area (Å²) < 4.78 is 0. The summed E-state index contributed by atoms with van der Waals surface area (Å²) in [5, 5.41) is 3.09. The van der Waals surface area contributed by atoms with E-state index in [2.05, 4.69) is 11.9 Å². The number of amides is 1. The van der Waals surface area contributed by atoms with E-state index in [4.69, 9.17) is 11.6 Å². The van der Waals surface area contributed by atoms with Crippen LogP contribution >= 0.6 is 23.4 Å². The van der Waals surface area contributed by atoms with Gasteiger partial charge in [0.15, 0.2) is 0 Å². The summed E-state index contributed by atoms with van der Waals surface area (Å²) in [6, 6.07) is 0. The minimum atomic E-state index is 0.0288. The topological polar surface area (TPSA) is 29.1 Å². The van der Waals surface area contributed by atoms with Crippen LogP contribution in [0.25, 0.3) is 0 Å². The number of carbonyl (C=O) groups is 1. The normalized spacial score (nSPS) is 9.27. The van der Waals surface area contributed by atoms with E-state index in [0.29, 0.717) is 18.0 Å². The fourth-order valence-corrected chi connectivity index (χ4v) is 0.934. The number of halogens is 1. The minimum Gasteiger partial charge on any atom is -0.351 e. The summed E-state index contributed by atoms with van der Waals surface area (Å²) in [4.78, 5) is 10.9. The highest BCUT2D eigenvalue weighted by Crippen LogP contribution is 1.96. The molecule has 0 radical (unpaired) electrons. The molecular formula is C7H12ClNOS. The molecule has 0 rings (SSSR count). The number of rotatable bonds is 5. The highest BCUT2D eigenvalue weighted by Gasteiger charge is 1.98. The lowest BCUT2D eigenvalue weighted by Gasteiger charge is -2.01. The van der Waals surface area contributed by atoms with Gasteiger partial charge in [-0.25, -0.2) is 0 Å². The molecule has 0 aromatic heterocycles. The molecule has 0 spiro atoms. The van der Waals surface area contributed by atoms with E-state index < -0.39 is 0 Å². The zero-order valence-electron chi connectivity index (χ0n) is 6.52. The van der Waals surface area contributed by atoms with E-state index >= 15 is 0 Å². The Morgan fingerprint density at radius 1 is 1.73 bits per heavy atom. The first-order valence-electron chi connectivity index (χ1n) is 3.25. The number of thioether (sulfide) groups is 1. The molecule has 2 nitrogen and oxygen atoms in total. The smallest absolute Gasteiger partial charge is 0.221 e. The molecule has 0 aromatic rings. The van der Waals surface area contributed by atoms with Gasteiger partial charge in [-0.15, -0.1) is 0 Å². The molecule has 0 saturated carbocycles. The zero-order chi connectivity index (χ0) is 8.69. The van der Waals surface area contributed by atoms with E-state index in [-0.39, 0.29) is 5.91 Å². The van der Waals surface area contributed by atoms with Crippen LogP contribution in [0.1, 0.15) is 6.42 Å².